The molecule has 1 N–H and O–H groups in total. The Morgan fingerprint density at radius 3 is 2.37 bits per heavy atom. The van der Waals surface area contributed by atoms with Crippen molar-refractivity contribution < 1.29 is 17.9 Å². The molecule has 0 radical (unpaired) electrons. The summed E-state index contributed by atoms with van der Waals surface area (Å²) in [7, 11) is -3.64. The second kappa shape index (κ2) is 11.1. The Balaban J connectivity index is 1.42. The Labute approximate surface area is 225 Å². The van der Waals surface area contributed by atoms with E-state index in [0.29, 0.717) is 41.5 Å². The molecule has 0 bridgehead atoms. The van der Waals surface area contributed by atoms with Crippen LogP contribution in [0, 0.1) is 12.8 Å². The number of nitrogens with zero attached hydrogens (tertiary/aromatic N) is 1. The largest absolute Gasteiger partial charge is 0.507 e. The number of rotatable bonds is 9. The van der Waals surface area contributed by atoms with Crippen LogP contribution in [0.5, 0.6) is 5.75 Å². The van der Waals surface area contributed by atoms with Crippen LogP contribution in [0.4, 0.5) is 0 Å². The van der Waals surface area contributed by atoms with Gasteiger partial charge in [-0.3, -0.25) is 0 Å². The number of sulfonamides is 1. The molecule has 1 saturated heterocycles. The highest BCUT2D eigenvalue weighted by Gasteiger charge is 2.38. The standard InChI is InChI=1S/C31H37NO5S/c1-3-22(19-25-11-7-8-18-32(25)38(35,36)26-16-12-21(2)13-17-26)28-20-27(33)30(31(34)37-28)29(24-14-15-24)23-9-5-4-6-10-23/h4-6,9-10,12-13,16-17,20,22,24-25,29,33H,3,7-8,11,14-15,18-19H2,1-2H3. The summed E-state index contributed by atoms with van der Waals surface area (Å²) in [5, 5.41) is 11.1. The molecule has 5 rings (SSSR count). The molecule has 0 spiro atoms. The van der Waals surface area contributed by atoms with E-state index in [2.05, 4.69) is 0 Å². The van der Waals surface area contributed by atoms with E-state index in [9.17, 15) is 18.3 Å². The molecule has 202 valence electrons. The average molecular weight is 536 g/mol. The lowest BCUT2D eigenvalue weighted by Gasteiger charge is -2.36. The van der Waals surface area contributed by atoms with Gasteiger partial charge in [-0.15, -0.1) is 0 Å². The molecule has 3 unspecified atom stereocenters. The summed E-state index contributed by atoms with van der Waals surface area (Å²) in [5.74, 6) is 0.359. The summed E-state index contributed by atoms with van der Waals surface area (Å²) in [6.07, 6.45) is 5.78. The van der Waals surface area contributed by atoms with E-state index in [-0.39, 0.29) is 23.6 Å². The van der Waals surface area contributed by atoms with E-state index in [4.69, 9.17) is 4.42 Å². The first-order chi connectivity index (χ1) is 18.3. The minimum atomic E-state index is -3.64. The molecule has 1 aromatic heterocycles. The van der Waals surface area contributed by atoms with Gasteiger partial charge in [0.05, 0.1) is 10.5 Å². The predicted octanol–water partition coefficient (Wildman–Crippen LogP) is 6.32. The molecule has 38 heavy (non-hydrogen) atoms. The van der Waals surface area contributed by atoms with Gasteiger partial charge in [0.2, 0.25) is 10.0 Å². The maximum Gasteiger partial charge on any atom is 0.343 e. The number of aromatic hydroxyl groups is 1. The van der Waals surface area contributed by atoms with E-state index < -0.39 is 15.6 Å². The topological polar surface area (TPSA) is 87.8 Å². The first-order valence-electron chi connectivity index (χ1n) is 13.8. The highest BCUT2D eigenvalue weighted by atomic mass is 32.2. The summed E-state index contributed by atoms with van der Waals surface area (Å²) in [6, 6.07) is 18.2. The van der Waals surface area contributed by atoms with Gasteiger partial charge in [0.25, 0.3) is 0 Å². The highest BCUT2D eigenvalue weighted by molar-refractivity contribution is 7.89. The van der Waals surface area contributed by atoms with Crippen LogP contribution in [0.1, 0.15) is 86.2 Å². The Kier molecular flexibility index (Phi) is 7.78. The second-order valence-corrected chi connectivity index (χ2v) is 12.8. The fraction of sp³-hybridized carbons (Fsp3) is 0.452. The highest BCUT2D eigenvalue weighted by Crippen LogP contribution is 2.48. The van der Waals surface area contributed by atoms with E-state index in [1.165, 1.54) is 0 Å². The number of aryl methyl sites for hydroxylation is 1. The number of hydrogen-bond donors (Lipinski definition) is 1. The summed E-state index contributed by atoms with van der Waals surface area (Å²) in [4.78, 5) is 13.6. The van der Waals surface area contributed by atoms with Crippen molar-refractivity contribution in [3.63, 3.8) is 0 Å². The van der Waals surface area contributed by atoms with E-state index in [0.717, 1.165) is 43.2 Å². The van der Waals surface area contributed by atoms with Crippen LogP contribution >= 0.6 is 0 Å². The molecule has 3 atom stereocenters. The fourth-order valence-corrected chi connectivity index (χ4v) is 7.65. The first-order valence-corrected chi connectivity index (χ1v) is 15.2. The van der Waals surface area contributed by atoms with Crippen molar-refractivity contribution in [2.75, 3.05) is 6.54 Å². The van der Waals surface area contributed by atoms with Crippen molar-refractivity contribution in [2.24, 2.45) is 5.92 Å². The summed E-state index contributed by atoms with van der Waals surface area (Å²) >= 11 is 0. The normalized spacial score (nSPS) is 20.2. The fourth-order valence-electron chi connectivity index (χ4n) is 5.94. The summed E-state index contributed by atoms with van der Waals surface area (Å²) in [5.41, 5.74) is 1.86. The van der Waals surface area contributed by atoms with Crippen LogP contribution in [-0.4, -0.2) is 30.4 Å². The van der Waals surface area contributed by atoms with Gasteiger partial charge in [-0.1, -0.05) is 61.4 Å². The van der Waals surface area contributed by atoms with E-state index >= 15 is 0 Å². The molecular formula is C31H37NO5S. The number of benzene rings is 2. The smallest absolute Gasteiger partial charge is 0.343 e. The number of piperidine rings is 1. The van der Waals surface area contributed by atoms with Crippen LogP contribution in [0.3, 0.4) is 0 Å². The Morgan fingerprint density at radius 2 is 1.74 bits per heavy atom. The molecule has 2 heterocycles. The van der Waals surface area contributed by atoms with Crippen molar-refractivity contribution >= 4 is 10.0 Å². The van der Waals surface area contributed by atoms with Crippen molar-refractivity contribution in [1.82, 2.24) is 4.31 Å². The van der Waals surface area contributed by atoms with Gasteiger partial charge in [0.1, 0.15) is 11.5 Å². The van der Waals surface area contributed by atoms with Crippen molar-refractivity contribution in [1.29, 1.82) is 0 Å². The van der Waals surface area contributed by atoms with Gasteiger partial charge < -0.3 is 9.52 Å². The Morgan fingerprint density at radius 1 is 1.03 bits per heavy atom. The zero-order chi connectivity index (χ0) is 26.9. The van der Waals surface area contributed by atoms with Crippen molar-refractivity contribution in [3.05, 3.63) is 93.5 Å². The summed E-state index contributed by atoms with van der Waals surface area (Å²) in [6.45, 7) is 4.42. The van der Waals surface area contributed by atoms with E-state index in [1.54, 1.807) is 22.5 Å². The molecule has 7 heteroatoms. The van der Waals surface area contributed by atoms with Crippen LogP contribution in [-0.2, 0) is 10.0 Å². The number of hydrogen-bond acceptors (Lipinski definition) is 5. The molecule has 3 aromatic rings. The van der Waals surface area contributed by atoms with E-state index in [1.807, 2.05) is 56.3 Å². The van der Waals surface area contributed by atoms with Crippen LogP contribution < -0.4 is 5.63 Å². The SMILES string of the molecule is CCC(CC1CCCCN1S(=O)(=O)c1ccc(C)cc1)c1cc(O)c(C(c2ccccc2)C2CC2)c(=O)o1. The molecule has 0 amide bonds. The van der Waals surface area contributed by atoms with Gasteiger partial charge >= 0.3 is 5.63 Å². The van der Waals surface area contributed by atoms with Crippen LogP contribution in [0.2, 0.25) is 0 Å². The molecule has 2 aromatic carbocycles. The molecule has 1 aliphatic carbocycles. The van der Waals surface area contributed by atoms with Gasteiger partial charge in [-0.05, 0) is 69.1 Å². The molecule has 2 fully saturated rings. The predicted molar refractivity (Wildman–Crippen MR) is 148 cm³/mol. The van der Waals surface area contributed by atoms with Gasteiger partial charge in [-0.25, -0.2) is 13.2 Å². The maximum absolute atomic E-state index is 13.6. The van der Waals surface area contributed by atoms with Gasteiger partial charge in [-0.2, -0.15) is 4.31 Å². The van der Waals surface area contributed by atoms with Crippen LogP contribution in [0.15, 0.2) is 74.8 Å². The maximum atomic E-state index is 13.6. The Hall–Kier alpha value is -2.90. The van der Waals surface area contributed by atoms with Gasteiger partial charge in [0, 0.05) is 30.5 Å². The third-order valence-corrected chi connectivity index (χ3v) is 10.2. The lowest BCUT2D eigenvalue weighted by Crippen LogP contribution is -2.44. The molecule has 6 nitrogen and oxygen atoms in total. The molecule has 1 saturated carbocycles. The summed E-state index contributed by atoms with van der Waals surface area (Å²) < 4.78 is 34.7. The van der Waals surface area contributed by atoms with Crippen LogP contribution in [0.25, 0.3) is 0 Å². The zero-order valence-electron chi connectivity index (χ0n) is 22.2. The first kappa shape index (κ1) is 26.7. The lowest BCUT2D eigenvalue weighted by molar-refractivity contribution is 0.220. The third kappa shape index (κ3) is 5.45. The third-order valence-electron chi connectivity index (χ3n) is 8.20. The molecule has 2 aliphatic rings. The monoisotopic (exact) mass is 535 g/mol. The molecule has 1 aliphatic heterocycles. The second-order valence-electron chi connectivity index (χ2n) is 10.9. The minimum Gasteiger partial charge on any atom is -0.507 e. The minimum absolute atomic E-state index is 0.0248. The van der Waals surface area contributed by atoms with Gasteiger partial charge in [0.15, 0.2) is 0 Å². The van der Waals surface area contributed by atoms with Crippen molar-refractivity contribution in [2.45, 2.75) is 81.6 Å². The zero-order valence-corrected chi connectivity index (χ0v) is 23.0. The lowest BCUT2D eigenvalue weighted by atomic mass is 9.86. The Bertz CT molecular complexity index is 1410. The van der Waals surface area contributed by atoms with Crippen molar-refractivity contribution in [3.8, 4) is 5.75 Å². The average Bonchev–Trinajstić information content (AvgIpc) is 3.75. The quantitative estimate of drug-likeness (QED) is 0.346. The molecular weight excluding hydrogens is 498 g/mol.